The summed E-state index contributed by atoms with van der Waals surface area (Å²) in [5.74, 6) is -0.427. The van der Waals surface area contributed by atoms with Crippen LogP contribution >= 0.6 is 11.3 Å². The first kappa shape index (κ1) is 15.9. The Balaban J connectivity index is 1.62. The molecule has 2 N–H and O–H groups in total. The summed E-state index contributed by atoms with van der Waals surface area (Å²) in [6, 6.07) is 13.4. The predicted molar refractivity (Wildman–Crippen MR) is 87.6 cm³/mol. The number of hydrogen-bond acceptors (Lipinski definition) is 4. The third-order valence-corrected chi connectivity index (χ3v) is 3.64. The second-order valence-electron chi connectivity index (χ2n) is 4.57. The summed E-state index contributed by atoms with van der Waals surface area (Å²) in [6.45, 7) is 0.470. The highest BCUT2D eigenvalue weighted by atomic mass is 32.1. The van der Waals surface area contributed by atoms with E-state index in [0.29, 0.717) is 6.54 Å². The summed E-state index contributed by atoms with van der Waals surface area (Å²) < 4.78 is 0. The molecule has 0 spiro atoms. The van der Waals surface area contributed by atoms with E-state index < -0.39 is 0 Å². The highest BCUT2D eigenvalue weighted by molar-refractivity contribution is 7.11. The molecule has 0 radical (unpaired) electrons. The second-order valence-corrected chi connectivity index (χ2v) is 5.55. The number of nitrogens with one attached hydrogen (secondary N) is 2. The number of thiophene rings is 1. The number of nitrogens with zero attached hydrogens (tertiary/aromatic N) is 1. The summed E-state index contributed by atoms with van der Waals surface area (Å²) >= 11 is 1.53. The molecule has 1 aromatic heterocycles. The number of amides is 2. The van der Waals surface area contributed by atoms with Crippen molar-refractivity contribution in [3.8, 4) is 0 Å². The minimum atomic E-state index is -0.275. The molecule has 1 heterocycles. The van der Waals surface area contributed by atoms with E-state index in [1.807, 2.05) is 47.8 Å². The van der Waals surface area contributed by atoms with E-state index in [9.17, 15) is 9.59 Å². The van der Waals surface area contributed by atoms with Crippen LogP contribution in [0.25, 0.3) is 0 Å². The number of rotatable bonds is 7. The van der Waals surface area contributed by atoms with Gasteiger partial charge in [-0.25, -0.2) is 5.43 Å². The third-order valence-electron chi connectivity index (χ3n) is 2.84. The molecule has 1 aromatic carbocycles. The van der Waals surface area contributed by atoms with Crippen molar-refractivity contribution in [1.29, 1.82) is 0 Å². The molecule has 0 aliphatic heterocycles. The molecule has 2 rings (SSSR count). The molecule has 5 nitrogen and oxygen atoms in total. The fourth-order valence-corrected chi connectivity index (χ4v) is 2.29. The normalized spacial score (nSPS) is 10.5. The molecule has 0 saturated heterocycles. The van der Waals surface area contributed by atoms with Gasteiger partial charge in [-0.05, 0) is 17.0 Å². The molecule has 0 atom stereocenters. The van der Waals surface area contributed by atoms with Gasteiger partial charge in [0.2, 0.25) is 11.8 Å². The van der Waals surface area contributed by atoms with Crippen LogP contribution in [0.5, 0.6) is 0 Å². The van der Waals surface area contributed by atoms with Crippen LogP contribution in [0, 0.1) is 0 Å². The van der Waals surface area contributed by atoms with Crippen molar-refractivity contribution in [2.75, 3.05) is 0 Å². The van der Waals surface area contributed by atoms with Crippen molar-refractivity contribution in [2.24, 2.45) is 5.10 Å². The van der Waals surface area contributed by atoms with Gasteiger partial charge >= 0.3 is 0 Å². The number of carbonyl (C=O) groups is 2. The van der Waals surface area contributed by atoms with Gasteiger partial charge in [0.25, 0.3) is 0 Å². The molecular formula is C16H17N3O2S. The monoisotopic (exact) mass is 315 g/mol. The fourth-order valence-electron chi connectivity index (χ4n) is 1.70. The smallest absolute Gasteiger partial charge is 0.240 e. The summed E-state index contributed by atoms with van der Waals surface area (Å²) in [6.07, 6.45) is 1.84. The molecule has 0 aliphatic carbocycles. The van der Waals surface area contributed by atoms with Gasteiger partial charge in [0, 0.05) is 24.3 Å². The lowest BCUT2D eigenvalue weighted by molar-refractivity contribution is -0.126. The molecule has 2 amide bonds. The van der Waals surface area contributed by atoms with Crippen molar-refractivity contribution in [2.45, 2.75) is 19.4 Å². The molecule has 0 fully saturated rings. The van der Waals surface area contributed by atoms with Crippen LogP contribution in [-0.4, -0.2) is 18.0 Å². The standard InChI is InChI=1S/C16H17N3O2S/c20-15(17-11-13-5-2-1-3-6-13)8-9-16(21)19-18-12-14-7-4-10-22-14/h1-7,10,12H,8-9,11H2,(H,17,20)(H,19,21)/b18-12-. The Morgan fingerprint density at radius 2 is 1.82 bits per heavy atom. The molecular weight excluding hydrogens is 298 g/mol. The van der Waals surface area contributed by atoms with E-state index in [-0.39, 0.29) is 24.7 Å². The molecule has 0 unspecified atom stereocenters. The lowest BCUT2D eigenvalue weighted by atomic mass is 10.2. The molecule has 6 heteroatoms. The van der Waals surface area contributed by atoms with Crippen LogP contribution in [0.1, 0.15) is 23.3 Å². The average molecular weight is 315 g/mol. The van der Waals surface area contributed by atoms with E-state index in [4.69, 9.17) is 0 Å². The van der Waals surface area contributed by atoms with E-state index in [1.54, 1.807) is 6.21 Å². The van der Waals surface area contributed by atoms with Gasteiger partial charge in [-0.15, -0.1) is 11.3 Å². The molecule has 0 bridgehead atoms. The van der Waals surface area contributed by atoms with Crippen molar-refractivity contribution < 1.29 is 9.59 Å². The maximum atomic E-state index is 11.7. The maximum Gasteiger partial charge on any atom is 0.240 e. The first-order valence-corrected chi connectivity index (χ1v) is 7.78. The molecule has 114 valence electrons. The van der Waals surface area contributed by atoms with Gasteiger partial charge in [0.1, 0.15) is 0 Å². The van der Waals surface area contributed by atoms with Crippen LogP contribution in [0.3, 0.4) is 0 Å². The summed E-state index contributed by atoms with van der Waals surface area (Å²) in [7, 11) is 0. The second kappa shape index (κ2) is 8.74. The van der Waals surface area contributed by atoms with Crippen LogP contribution in [0.4, 0.5) is 0 Å². The van der Waals surface area contributed by atoms with Gasteiger partial charge in [0.15, 0.2) is 0 Å². The van der Waals surface area contributed by atoms with E-state index in [1.165, 1.54) is 11.3 Å². The number of hydrogen-bond donors (Lipinski definition) is 2. The Bertz CT molecular complexity index is 624. The molecule has 22 heavy (non-hydrogen) atoms. The molecule has 0 aliphatic rings. The third kappa shape index (κ3) is 5.88. The van der Waals surface area contributed by atoms with Crippen molar-refractivity contribution in [3.05, 3.63) is 58.3 Å². The highest BCUT2D eigenvalue weighted by Gasteiger charge is 2.05. The molecule has 2 aromatic rings. The first-order chi connectivity index (χ1) is 10.7. The minimum Gasteiger partial charge on any atom is -0.352 e. The van der Waals surface area contributed by atoms with Crippen LogP contribution < -0.4 is 10.7 Å². The summed E-state index contributed by atoms with van der Waals surface area (Å²) in [5.41, 5.74) is 3.44. The molecule has 0 saturated carbocycles. The number of hydrazone groups is 1. The van der Waals surface area contributed by atoms with E-state index in [2.05, 4.69) is 15.8 Å². The maximum absolute atomic E-state index is 11.7. The van der Waals surface area contributed by atoms with Gasteiger partial charge in [0.05, 0.1) is 6.21 Å². The minimum absolute atomic E-state index is 0.113. The Morgan fingerprint density at radius 3 is 2.55 bits per heavy atom. The zero-order valence-electron chi connectivity index (χ0n) is 12.0. The zero-order valence-corrected chi connectivity index (χ0v) is 12.8. The van der Waals surface area contributed by atoms with Crippen molar-refractivity contribution in [1.82, 2.24) is 10.7 Å². The summed E-state index contributed by atoms with van der Waals surface area (Å²) in [5, 5.41) is 8.55. The van der Waals surface area contributed by atoms with Gasteiger partial charge in [-0.3, -0.25) is 9.59 Å². The lowest BCUT2D eigenvalue weighted by Gasteiger charge is -2.04. The fraction of sp³-hybridized carbons (Fsp3) is 0.188. The quantitative estimate of drug-likeness (QED) is 0.608. The lowest BCUT2D eigenvalue weighted by Crippen LogP contribution is -2.25. The first-order valence-electron chi connectivity index (χ1n) is 6.90. The predicted octanol–water partition coefficient (Wildman–Crippen LogP) is 2.29. The SMILES string of the molecule is O=C(CCC(=O)N/N=C\c1cccs1)NCc1ccccc1. The Morgan fingerprint density at radius 1 is 1.05 bits per heavy atom. The number of benzene rings is 1. The van der Waals surface area contributed by atoms with Gasteiger partial charge < -0.3 is 5.32 Å². The topological polar surface area (TPSA) is 70.6 Å². The summed E-state index contributed by atoms with van der Waals surface area (Å²) in [4.78, 5) is 24.2. The van der Waals surface area contributed by atoms with E-state index in [0.717, 1.165) is 10.4 Å². The van der Waals surface area contributed by atoms with Crippen LogP contribution in [0.15, 0.2) is 52.9 Å². The van der Waals surface area contributed by atoms with Gasteiger partial charge in [-0.1, -0.05) is 36.4 Å². The zero-order chi connectivity index (χ0) is 15.6. The van der Waals surface area contributed by atoms with E-state index >= 15 is 0 Å². The van der Waals surface area contributed by atoms with Crippen molar-refractivity contribution >= 4 is 29.4 Å². The van der Waals surface area contributed by atoms with Gasteiger partial charge in [-0.2, -0.15) is 5.10 Å². The Hall–Kier alpha value is -2.47. The number of carbonyl (C=O) groups excluding carboxylic acids is 2. The Kier molecular flexibility index (Phi) is 6.32. The highest BCUT2D eigenvalue weighted by Crippen LogP contribution is 2.04. The largest absolute Gasteiger partial charge is 0.352 e. The average Bonchev–Trinajstić information content (AvgIpc) is 3.05. The van der Waals surface area contributed by atoms with Crippen molar-refractivity contribution in [3.63, 3.8) is 0 Å². The van der Waals surface area contributed by atoms with Crippen LogP contribution in [-0.2, 0) is 16.1 Å². The van der Waals surface area contributed by atoms with Crippen LogP contribution in [0.2, 0.25) is 0 Å². The Labute approximate surface area is 133 Å².